The zero-order chi connectivity index (χ0) is 19.9. The summed E-state index contributed by atoms with van der Waals surface area (Å²) in [5, 5.41) is 7.16. The molecule has 0 atom stereocenters. The summed E-state index contributed by atoms with van der Waals surface area (Å²) >= 11 is 4.60. The van der Waals surface area contributed by atoms with Crippen LogP contribution in [0.25, 0.3) is 0 Å². The molecule has 8 heteroatoms. The molecule has 2 aromatic carbocycles. The molecule has 1 aliphatic heterocycles. The van der Waals surface area contributed by atoms with Gasteiger partial charge in [-0.1, -0.05) is 30.3 Å². The molecule has 1 aliphatic rings. The van der Waals surface area contributed by atoms with Gasteiger partial charge in [0, 0.05) is 37.3 Å². The van der Waals surface area contributed by atoms with Crippen LogP contribution in [0.2, 0.25) is 0 Å². The Labute approximate surface area is 168 Å². The van der Waals surface area contributed by atoms with E-state index in [2.05, 4.69) is 40.2 Å². The van der Waals surface area contributed by atoms with Gasteiger partial charge in [-0.15, -0.1) is 0 Å². The lowest BCUT2D eigenvalue weighted by Crippen LogP contribution is -2.42. The zero-order valence-electron chi connectivity index (χ0n) is 15.4. The van der Waals surface area contributed by atoms with E-state index >= 15 is 0 Å². The first-order valence-electron chi connectivity index (χ1n) is 9.12. The van der Waals surface area contributed by atoms with Crippen LogP contribution in [0, 0.1) is 11.6 Å². The molecule has 148 valence electrons. The minimum absolute atomic E-state index is 0.0319. The Morgan fingerprint density at radius 3 is 2.57 bits per heavy atom. The van der Waals surface area contributed by atoms with Crippen LogP contribution >= 0.6 is 12.2 Å². The highest BCUT2D eigenvalue weighted by Crippen LogP contribution is 2.26. The number of nitrogens with one attached hydrogen (secondary N) is 2. The van der Waals surface area contributed by atoms with Gasteiger partial charge in [0.2, 0.25) is 0 Å². The summed E-state index contributed by atoms with van der Waals surface area (Å²) in [6.45, 7) is 2.14. The largest absolute Gasteiger partial charge is 0.375 e. The lowest BCUT2D eigenvalue weighted by molar-refractivity contribution is 0.411. The van der Waals surface area contributed by atoms with E-state index in [1.165, 1.54) is 11.6 Å². The highest BCUT2D eigenvalue weighted by Gasteiger charge is 2.22. The molecule has 0 amide bonds. The average molecular weight is 404 g/mol. The van der Waals surface area contributed by atoms with E-state index in [-0.39, 0.29) is 16.4 Å². The van der Waals surface area contributed by atoms with Gasteiger partial charge in [-0.05, 0) is 36.7 Å². The predicted octanol–water partition coefficient (Wildman–Crippen LogP) is 2.89. The molecule has 0 unspecified atom stereocenters. The van der Waals surface area contributed by atoms with Crippen LogP contribution < -0.4 is 21.4 Å². The number of hydrazone groups is 1. The Balaban J connectivity index is 1.57. The van der Waals surface area contributed by atoms with Crippen molar-refractivity contribution < 1.29 is 8.78 Å². The minimum Gasteiger partial charge on any atom is -0.375 e. The fourth-order valence-corrected chi connectivity index (χ4v) is 3.29. The van der Waals surface area contributed by atoms with Crippen molar-refractivity contribution in [2.45, 2.75) is 25.4 Å². The summed E-state index contributed by atoms with van der Waals surface area (Å²) in [6.07, 6.45) is 2.89. The number of thiocarbonyl (C=S) groups is 1. The number of anilines is 1. The summed E-state index contributed by atoms with van der Waals surface area (Å²) in [6, 6.07) is 12.9. The first kappa shape index (κ1) is 20.2. The molecule has 0 saturated carbocycles. The van der Waals surface area contributed by atoms with Crippen molar-refractivity contribution >= 4 is 29.2 Å². The monoisotopic (exact) mass is 403 g/mol. The second kappa shape index (κ2) is 9.57. The SMILES string of the molecule is NC(=S)N/N=C/c1cc(F)c(N2CCC(NCc3ccccc3)CC2)cc1F. The molecule has 1 heterocycles. The number of nitrogens with two attached hydrogens (primary N) is 1. The lowest BCUT2D eigenvalue weighted by Gasteiger charge is -2.34. The first-order chi connectivity index (χ1) is 13.5. The number of hydrogen-bond acceptors (Lipinski definition) is 4. The van der Waals surface area contributed by atoms with Gasteiger partial charge in [-0.3, -0.25) is 5.43 Å². The standard InChI is InChI=1S/C20H23F2N5S/c21-17-11-19(18(22)10-15(17)13-25-26-20(23)28)27-8-6-16(7-9-27)24-12-14-4-2-1-3-5-14/h1-5,10-11,13,16,24H,6-9,12H2,(H3,23,26,28)/b25-13+. The molecule has 1 saturated heterocycles. The number of rotatable bonds is 6. The quantitative estimate of drug-likeness (QED) is 0.393. The number of hydrogen-bond donors (Lipinski definition) is 3. The van der Waals surface area contributed by atoms with Gasteiger partial charge in [0.05, 0.1) is 11.9 Å². The van der Waals surface area contributed by atoms with E-state index in [0.717, 1.165) is 31.7 Å². The van der Waals surface area contributed by atoms with E-state index in [1.807, 2.05) is 23.1 Å². The predicted molar refractivity (Wildman–Crippen MR) is 112 cm³/mol. The van der Waals surface area contributed by atoms with Crippen molar-refractivity contribution in [2.24, 2.45) is 10.8 Å². The number of nitrogens with zero attached hydrogens (tertiary/aromatic N) is 2. The van der Waals surface area contributed by atoms with E-state index in [1.54, 1.807) is 0 Å². The van der Waals surface area contributed by atoms with Crippen molar-refractivity contribution in [1.29, 1.82) is 0 Å². The third-order valence-electron chi connectivity index (χ3n) is 4.72. The number of halogens is 2. The molecule has 0 aliphatic carbocycles. The molecular formula is C20H23F2N5S. The third-order valence-corrected chi connectivity index (χ3v) is 4.81. The van der Waals surface area contributed by atoms with Crippen LogP contribution in [0.15, 0.2) is 47.6 Å². The highest BCUT2D eigenvalue weighted by atomic mass is 32.1. The molecule has 2 aromatic rings. The van der Waals surface area contributed by atoms with Gasteiger partial charge >= 0.3 is 0 Å². The van der Waals surface area contributed by atoms with E-state index in [0.29, 0.717) is 19.1 Å². The van der Waals surface area contributed by atoms with Crippen LogP contribution in [0.3, 0.4) is 0 Å². The minimum atomic E-state index is -0.547. The summed E-state index contributed by atoms with van der Waals surface area (Å²) in [4.78, 5) is 1.88. The molecule has 5 nitrogen and oxygen atoms in total. The Morgan fingerprint density at radius 2 is 1.89 bits per heavy atom. The topological polar surface area (TPSA) is 65.7 Å². The summed E-state index contributed by atoms with van der Waals surface area (Å²) < 4.78 is 28.8. The van der Waals surface area contributed by atoms with Gasteiger partial charge < -0.3 is 16.0 Å². The van der Waals surface area contributed by atoms with Crippen molar-refractivity contribution in [3.8, 4) is 0 Å². The van der Waals surface area contributed by atoms with Crippen molar-refractivity contribution in [2.75, 3.05) is 18.0 Å². The Morgan fingerprint density at radius 1 is 1.18 bits per heavy atom. The summed E-state index contributed by atoms with van der Waals surface area (Å²) in [7, 11) is 0. The molecular weight excluding hydrogens is 380 g/mol. The van der Waals surface area contributed by atoms with Gasteiger partial charge in [-0.25, -0.2) is 8.78 Å². The van der Waals surface area contributed by atoms with Crippen LogP contribution in [0.4, 0.5) is 14.5 Å². The van der Waals surface area contributed by atoms with Gasteiger partial charge in [0.25, 0.3) is 0 Å². The van der Waals surface area contributed by atoms with E-state index in [9.17, 15) is 8.78 Å². The molecule has 0 bridgehead atoms. The fraction of sp³-hybridized carbons (Fsp3) is 0.300. The Bertz CT molecular complexity index is 836. The molecule has 0 aromatic heterocycles. The molecule has 0 spiro atoms. The molecule has 0 radical (unpaired) electrons. The first-order valence-corrected chi connectivity index (χ1v) is 9.53. The molecule has 1 fully saturated rings. The zero-order valence-corrected chi connectivity index (χ0v) is 16.2. The second-order valence-corrected chi connectivity index (χ2v) is 7.13. The van der Waals surface area contributed by atoms with Crippen LogP contribution in [-0.4, -0.2) is 30.5 Å². The van der Waals surface area contributed by atoms with Crippen LogP contribution in [0.5, 0.6) is 0 Å². The summed E-state index contributed by atoms with van der Waals surface area (Å²) in [5.41, 5.74) is 9.10. The normalized spacial score (nSPS) is 15.1. The van der Waals surface area contributed by atoms with E-state index in [4.69, 9.17) is 5.73 Å². The smallest absolute Gasteiger partial charge is 0.184 e. The molecule has 4 N–H and O–H groups in total. The Kier molecular flexibility index (Phi) is 6.89. The maximum absolute atomic E-state index is 14.5. The van der Waals surface area contributed by atoms with Crippen LogP contribution in [0.1, 0.15) is 24.0 Å². The van der Waals surface area contributed by atoms with Crippen LogP contribution in [-0.2, 0) is 6.54 Å². The van der Waals surface area contributed by atoms with Gasteiger partial charge in [0.15, 0.2) is 5.11 Å². The molecule has 3 rings (SSSR count). The van der Waals surface area contributed by atoms with Crippen molar-refractivity contribution in [1.82, 2.24) is 10.7 Å². The average Bonchev–Trinajstić information content (AvgIpc) is 2.70. The lowest BCUT2D eigenvalue weighted by atomic mass is 10.0. The molecule has 28 heavy (non-hydrogen) atoms. The number of piperidine rings is 1. The fourth-order valence-electron chi connectivity index (χ4n) is 3.24. The third kappa shape index (κ3) is 5.46. The maximum atomic E-state index is 14.5. The second-order valence-electron chi connectivity index (χ2n) is 6.69. The summed E-state index contributed by atoms with van der Waals surface area (Å²) in [5.74, 6) is -1.02. The number of benzene rings is 2. The maximum Gasteiger partial charge on any atom is 0.184 e. The van der Waals surface area contributed by atoms with Crippen molar-refractivity contribution in [3.05, 3.63) is 65.2 Å². The van der Waals surface area contributed by atoms with Gasteiger partial charge in [0.1, 0.15) is 11.6 Å². The van der Waals surface area contributed by atoms with E-state index < -0.39 is 11.6 Å². The van der Waals surface area contributed by atoms with Crippen molar-refractivity contribution in [3.63, 3.8) is 0 Å². The highest BCUT2D eigenvalue weighted by molar-refractivity contribution is 7.80. The Hall–Kier alpha value is -2.58. The van der Waals surface area contributed by atoms with Gasteiger partial charge in [-0.2, -0.15) is 5.10 Å².